The van der Waals surface area contributed by atoms with E-state index in [4.69, 9.17) is 23.7 Å². The lowest BCUT2D eigenvalue weighted by Gasteiger charge is -2.34. The van der Waals surface area contributed by atoms with Gasteiger partial charge in [-0.15, -0.1) is 0 Å². The topological polar surface area (TPSA) is 80.3 Å². The van der Waals surface area contributed by atoms with Crippen molar-refractivity contribution in [3.63, 3.8) is 0 Å². The maximum Gasteiger partial charge on any atom is 0.373 e. The van der Waals surface area contributed by atoms with Crippen LogP contribution < -0.4 is 0 Å². The smallest absolute Gasteiger partial charge is 0.373 e. The second-order valence-corrected chi connectivity index (χ2v) is 7.69. The van der Waals surface area contributed by atoms with E-state index in [2.05, 4.69) is 0 Å². The van der Waals surface area contributed by atoms with E-state index in [1.807, 2.05) is 34.6 Å². The molecule has 0 bridgehead atoms. The van der Waals surface area contributed by atoms with Crippen molar-refractivity contribution in [3.8, 4) is 0 Å². The van der Waals surface area contributed by atoms with Crippen molar-refractivity contribution >= 4 is 11.9 Å². The number of carbonyl (C=O) groups is 2. The Bertz CT molecular complexity index is 530. The lowest BCUT2D eigenvalue weighted by molar-refractivity contribution is -0.203. The zero-order valence-electron chi connectivity index (χ0n) is 15.1. The molecule has 1 fully saturated rings. The number of esters is 2. The minimum Gasteiger partial charge on any atom is -0.463 e. The Morgan fingerprint density at radius 2 is 2.00 bits per heavy atom. The summed E-state index contributed by atoms with van der Waals surface area (Å²) in [5.41, 5.74) is -0.872. The van der Waals surface area contributed by atoms with Gasteiger partial charge in [-0.25, -0.2) is 9.59 Å². The molecule has 136 valence electrons. The van der Waals surface area contributed by atoms with Gasteiger partial charge in [-0.1, -0.05) is 13.8 Å². The fourth-order valence-corrected chi connectivity index (χ4v) is 2.61. The first-order valence-electron chi connectivity index (χ1n) is 7.98. The van der Waals surface area contributed by atoms with Gasteiger partial charge in [0, 0.05) is 11.8 Å². The van der Waals surface area contributed by atoms with Gasteiger partial charge in [0.25, 0.3) is 0 Å². The van der Waals surface area contributed by atoms with Crippen LogP contribution in [0.25, 0.3) is 0 Å². The van der Waals surface area contributed by atoms with E-state index in [1.54, 1.807) is 6.08 Å². The Balaban J connectivity index is 2.14. The number of methoxy groups -OCH3 is 1. The molecular weight excluding hydrogens is 316 g/mol. The molecule has 0 aromatic carbocycles. The van der Waals surface area contributed by atoms with Crippen molar-refractivity contribution in [1.82, 2.24) is 0 Å². The van der Waals surface area contributed by atoms with Crippen molar-refractivity contribution in [2.24, 2.45) is 5.41 Å². The molecule has 24 heavy (non-hydrogen) atoms. The zero-order chi connectivity index (χ0) is 18.1. The average Bonchev–Trinajstić information content (AvgIpc) is 2.71. The highest BCUT2D eigenvalue weighted by Gasteiger charge is 2.47. The predicted molar refractivity (Wildman–Crippen MR) is 83.8 cm³/mol. The Morgan fingerprint density at radius 3 is 2.50 bits per heavy atom. The fraction of sp³-hybridized carbons (Fsp3) is 0.765. The normalized spacial score (nSPS) is 29.5. The zero-order valence-corrected chi connectivity index (χ0v) is 15.1. The molecule has 7 heteroatoms. The third-order valence-electron chi connectivity index (χ3n) is 3.71. The predicted octanol–water partition coefficient (Wildman–Crippen LogP) is 1.94. The first-order valence-corrected chi connectivity index (χ1v) is 7.98. The lowest BCUT2D eigenvalue weighted by Crippen LogP contribution is -2.41. The van der Waals surface area contributed by atoms with Gasteiger partial charge in [0.15, 0.2) is 6.10 Å². The van der Waals surface area contributed by atoms with Crippen LogP contribution in [0.1, 0.15) is 41.0 Å². The Morgan fingerprint density at radius 1 is 1.33 bits per heavy atom. The van der Waals surface area contributed by atoms with Gasteiger partial charge in [0.05, 0.1) is 25.4 Å². The molecular formula is C17H26O7. The van der Waals surface area contributed by atoms with E-state index in [0.29, 0.717) is 6.42 Å². The molecule has 0 aromatic heterocycles. The number of hydrogen-bond donors (Lipinski definition) is 0. The van der Waals surface area contributed by atoms with Crippen molar-refractivity contribution in [1.29, 1.82) is 0 Å². The molecule has 0 aromatic rings. The largest absolute Gasteiger partial charge is 0.463 e. The van der Waals surface area contributed by atoms with Gasteiger partial charge >= 0.3 is 11.9 Å². The maximum absolute atomic E-state index is 11.9. The summed E-state index contributed by atoms with van der Waals surface area (Å²) in [4.78, 5) is 23.7. The standard InChI is InChI=1S/C17H26O7/c1-16(2,3)24-10-7-11(14(18)20-6)22-12(8-10)23-13-15(19)21-9-17(13,4)5/h7,10,12-13H,8-9H2,1-6H3/t10-,12-,13-/m0/s1. The Hall–Kier alpha value is -1.60. The third-order valence-corrected chi connectivity index (χ3v) is 3.71. The first kappa shape index (κ1) is 18.7. The number of cyclic esters (lactones) is 1. The van der Waals surface area contributed by atoms with Crippen molar-refractivity contribution < 1.29 is 33.3 Å². The second kappa shape index (κ2) is 6.72. The Kier molecular flexibility index (Phi) is 5.25. The monoisotopic (exact) mass is 342 g/mol. The van der Waals surface area contributed by atoms with Gasteiger partial charge in [-0.05, 0) is 26.8 Å². The van der Waals surface area contributed by atoms with Crippen molar-refractivity contribution in [2.45, 2.75) is 65.1 Å². The van der Waals surface area contributed by atoms with Crippen LogP contribution in [0, 0.1) is 5.41 Å². The summed E-state index contributed by atoms with van der Waals surface area (Å²) in [6, 6.07) is 0. The van der Waals surface area contributed by atoms with Gasteiger partial charge in [-0.3, -0.25) is 0 Å². The molecule has 2 heterocycles. The highest BCUT2D eigenvalue weighted by Crippen LogP contribution is 2.34. The molecule has 0 amide bonds. The number of ether oxygens (including phenoxy) is 5. The van der Waals surface area contributed by atoms with Gasteiger partial charge in [-0.2, -0.15) is 0 Å². The van der Waals surface area contributed by atoms with Crippen LogP contribution in [-0.2, 0) is 33.3 Å². The fourth-order valence-electron chi connectivity index (χ4n) is 2.61. The SMILES string of the molecule is COC(=O)C1=C[C@H](OC(C)(C)C)C[C@H](O[C@H]2C(=O)OCC2(C)C)O1. The van der Waals surface area contributed by atoms with Gasteiger partial charge in [0.2, 0.25) is 12.0 Å². The highest BCUT2D eigenvalue weighted by molar-refractivity contribution is 5.86. The van der Waals surface area contributed by atoms with E-state index in [0.717, 1.165) is 0 Å². The van der Waals surface area contributed by atoms with E-state index < -0.39 is 41.5 Å². The van der Waals surface area contributed by atoms with Crippen molar-refractivity contribution in [2.75, 3.05) is 13.7 Å². The summed E-state index contributed by atoms with van der Waals surface area (Å²) in [5.74, 6) is -1.02. The van der Waals surface area contributed by atoms with Crippen LogP contribution >= 0.6 is 0 Å². The highest BCUT2D eigenvalue weighted by atomic mass is 16.7. The molecule has 2 rings (SSSR count). The molecule has 2 aliphatic heterocycles. The van der Waals surface area contributed by atoms with Gasteiger partial charge in [0.1, 0.15) is 0 Å². The molecule has 2 aliphatic rings. The minimum absolute atomic E-state index is 0.0205. The molecule has 0 aliphatic carbocycles. The van der Waals surface area contributed by atoms with Crippen LogP contribution in [0.5, 0.6) is 0 Å². The molecule has 0 saturated carbocycles. The molecule has 0 radical (unpaired) electrons. The third kappa shape index (κ3) is 4.48. The second-order valence-electron chi connectivity index (χ2n) is 7.69. The molecule has 0 N–H and O–H groups in total. The minimum atomic E-state index is -0.800. The molecule has 7 nitrogen and oxygen atoms in total. The van der Waals surface area contributed by atoms with Crippen LogP contribution in [-0.4, -0.2) is 49.8 Å². The lowest BCUT2D eigenvalue weighted by atomic mass is 9.90. The van der Waals surface area contributed by atoms with E-state index >= 15 is 0 Å². The summed E-state index contributed by atoms with van der Waals surface area (Å²) in [6.45, 7) is 9.80. The molecule has 1 saturated heterocycles. The number of hydrogen-bond acceptors (Lipinski definition) is 7. The maximum atomic E-state index is 11.9. The van der Waals surface area contributed by atoms with E-state index in [-0.39, 0.29) is 12.4 Å². The van der Waals surface area contributed by atoms with E-state index in [1.165, 1.54) is 7.11 Å². The Labute approximate surface area is 142 Å². The summed E-state index contributed by atoms with van der Waals surface area (Å²) >= 11 is 0. The number of carbonyl (C=O) groups excluding carboxylic acids is 2. The summed E-state index contributed by atoms with van der Waals surface area (Å²) in [5, 5.41) is 0. The molecule has 0 spiro atoms. The summed E-state index contributed by atoms with van der Waals surface area (Å²) in [7, 11) is 1.27. The summed E-state index contributed by atoms with van der Waals surface area (Å²) in [6.07, 6.45) is -0.00768. The summed E-state index contributed by atoms with van der Waals surface area (Å²) < 4.78 is 27.1. The first-order chi connectivity index (χ1) is 11.0. The average molecular weight is 342 g/mol. The quantitative estimate of drug-likeness (QED) is 0.722. The van der Waals surface area contributed by atoms with Crippen LogP contribution in [0.2, 0.25) is 0 Å². The van der Waals surface area contributed by atoms with Crippen molar-refractivity contribution in [3.05, 3.63) is 11.8 Å². The van der Waals surface area contributed by atoms with Crippen LogP contribution in [0.15, 0.2) is 11.8 Å². The van der Waals surface area contributed by atoms with Gasteiger partial charge < -0.3 is 23.7 Å². The molecule has 3 atom stereocenters. The van der Waals surface area contributed by atoms with E-state index in [9.17, 15) is 9.59 Å². The number of rotatable bonds is 4. The van der Waals surface area contributed by atoms with Crippen LogP contribution in [0.3, 0.4) is 0 Å². The van der Waals surface area contributed by atoms with Crippen LogP contribution in [0.4, 0.5) is 0 Å². The molecule has 0 unspecified atom stereocenters.